The van der Waals surface area contributed by atoms with Gasteiger partial charge in [0, 0.05) is 23.5 Å². The van der Waals surface area contributed by atoms with Crippen LogP contribution in [-0.2, 0) is 18.5 Å². The Morgan fingerprint density at radius 3 is 2.31 bits per heavy atom. The normalized spacial score (nSPS) is 11.6. The Labute approximate surface area is 202 Å². The van der Waals surface area contributed by atoms with Crippen LogP contribution in [0, 0.1) is 0 Å². The van der Waals surface area contributed by atoms with Crippen LogP contribution in [0.25, 0.3) is 22.8 Å². The van der Waals surface area contributed by atoms with Crippen LogP contribution in [0.2, 0.25) is 0 Å². The van der Waals surface area contributed by atoms with E-state index >= 15 is 0 Å². The molecular weight excluding hydrogens is 477 g/mol. The molecule has 3 aromatic heterocycles. The molecule has 0 radical (unpaired) electrons. The maximum Gasteiger partial charge on any atom is 0.416 e. The molecule has 0 amide bonds. The molecule has 176 valence electrons. The number of pyridine rings is 1. The second-order valence-corrected chi connectivity index (χ2v) is 8.43. The number of halogens is 3. The molecule has 7 nitrogen and oxygen atoms in total. The SMILES string of the molecule is FC(F)(F)c1ccc(-c2noc(CSc3nnc(-c4ccncc4)n3Cc3ccccc3)n2)cc1. The first-order valence-electron chi connectivity index (χ1n) is 10.5. The van der Waals surface area contributed by atoms with Crippen LogP contribution < -0.4 is 0 Å². The Morgan fingerprint density at radius 2 is 1.60 bits per heavy atom. The molecule has 0 aliphatic heterocycles. The number of rotatable bonds is 7. The van der Waals surface area contributed by atoms with Crippen molar-refractivity contribution in [1.29, 1.82) is 0 Å². The summed E-state index contributed by atoms with van der Waals surface area (Å²) in [5.41, 5.74) is 1.68. The molecule has 2 aromatic carbocycles. The van der Waals surface area contributed by atoms with Crippen LogP contribution in [0.3, 0.4) is 0 Å². The minimum Gasteiger partial charge on any atom is -0.338 e. The highest BCUT2D eigenvalue weighted by molar-refractivity contribution is 7.98. The Hall–Kier alpha value is -3.99. The summed E-state index contributed by atoms with van der Waals surface area (Å²) in [6, 6.07) is 18.3. The van der Waals surface area contributed by atoms with Gasteiger partial charge < -0.3 is 4.52 Å². The fourth-order valence-electron chi connectivity index (χ4n) is 3.38. The Morgan fingerprint density at radius 1 is 0.857 bits per heavy atom. The fourth-order valence-corrected chi connectivity index (χ4v) is 4.16. The highest BCUT2D eigenvalue weighted by atomic mass is 32.2. The average molecular weight is 495 g/mol. The lowest BCUT2D eigenvalue weighted by molar-refractivity contribution is -0.137. The Balaban J connectivity index is 1.35. The van der Waals surface area contributed by atoms with Crippen molar-refractivity contribution in [2.24, 2.45) is 0 Å². The third-order valence-electron chi connectivity index (χ3n) is 5.10. The molecule has 0 N–H and O–H groups in total. The van der Waals surface area contributed by atoms with E-state index in [4.69, 9.17) is 4.52 Å². The number of hydrogen-bond acceptors (Lipinski definition) is 7. The van der Waals surface area contributed by atoms with E-state index in [1.807, 2.05) is 47.0 Å². The zero-order chi connectivity index (χ0) is 24.3. The van der Waals surface area contributed by atoms with Crippen LogP contribution in [0.4, 0.5) is 13.2 Å². The molecular formula is C24H17F3N6OS. The summed E-state index contributed by atoms with van der Waals surface area (Å²) in [4.78, 5) is 8.39. The maximum absolute atomic E-state index is 12.8. The van der Waals surface area contributed by atoms with Gasteiger partial charge in [-0.05, 0) is 29.8 Å². The maximum atomic E-state index is 12.8. The van der Waals surface area contributed by atoms with Gasteiger partial charge >= 0.3 is 6.18 Å². The summed E-state index contributed by atoms with van der Waals surface area (Å²) in [7, 11) is 0. The second-order valence-electron chi connectivity index (χ2n) is 7.49. The van der Waals surface area contributed by atoms with Gasteiger partial charge in [-0.2, -0.15) is 18.2 Å². The van der Waals surface area contributed by atoms with Gasteiger partial charge in [-0.1, -0.05) is 59.4 Å². The van der Waals surface area contributed by atoms with E-state index in [1.54, 1.807) is 12.4 Å². The number of thioether (sulfide) groups is 1. The molecule has 5 rings (SSSR count). The van der Waals surface area contributed by atoms with Gasteiger partial charge in [0.1, 0.15) is 0 Å². The van der Waals surface area contributed by atoms with Gasteiger partial charge in [-0.15, -0.1) is 10.2 Å². The minimum atomic E-state index is -4.40. The summed E-state index contributed by atoms with van der Waals surface area (Å²) in [5, 5.41) is 13.3. The zero-order valence-electron chi connectivity index (χ0n) is 18.1. The van der Waals surface area contributed by atoms with E-state index in [0.29, 0.717) is 34.7 Å². The second kappa shape index (κ2) is 9.71. The van der Waals surface area contributed by atoms with Crippen molar-refractivity contribution in [3.05, 3.63) is 96.1 Å². The van der Waals surface area contributed by atoms with Crippen LogP contribution in [0.5, 0.6) is 0 Å². The highest BCUT2D eigenvalue weighted by Crippen LogP contribution is 2.31. The number of alkyl halides is 3. The summed E-state index contributed by atoms with van der Waals surface area (Å²) in [6.45, 7) is 0.564. The Bertz CT molecular complexity index is 1400. The fraction of sp³-hybridized carbons (Fsp3) is 0.125. The lowest BCUT2D eigenvalue weighted by Crippen LogP contribution is -2.04. The van der Waals surface area contributed by atoms with Crippen LogP contribution in [0.15, 0.2) is 88.8 Å². The van der Waals surface area contributed by atoms with Gasteiger partial charge in [-0.3, -0.25) is 9.55 Å². The van der Waals surface area contributed by atoms with Crippen LogP contribution in [0.1, 0.15) is 17.0 Å². The van der Waals surface area contributed by atoms with E-state index in [-0.39, 0.29) is 5.82 Å². The minimum absolute atomic E-state index is 0.220. The van der Waals surface area contributed by atoms with Crippen molar-refractivity contribution in [2.75, 3.05) is 0 Å². The molecule has 0 bridgehead atoms. The highest BCUT2D eigenvalue weighted by Gasteiger charge is 2.30. The third-order valence-corrected chi connectivity index (χ3v) is 6.05. The van der Waals surface area contributed by atoms with E-state index in [9.17, 15) is 13.2 Å². The molecule has 3 heterocycles. The van der Waals surface area contributed by atoms with Crippen molar-refractivity contribution in [3.8, 4) is 22.8 Å². The molecule has 5 aromatic rings. The topological polar surface area (TPSA) is 82.5 Å². The first kappa shape index (κ1) is 22.8. The van der Waals surface area contributed by atoms with Crippen LogP contribution in [-0.4, -0.2) is 29.9 Å². The van der Waals surface area contributed by atoms with Gasteiger partial charge in [0.25, 0.3) is 0 Å². The predicted octanol–water partition coefficient (Wildman–Crippen LogP) is 5.75. The molecule has 0 unspecified atom stereocenters. The number of nitrogens with zero attached hydrogens (tertiary/aromatic N) is 6. The predicted molar refractivity (Wildman–Crippen MR) is 123 cm³/mol. The summed E-state index contributed by atoms with van der Waals surface area (Å²) in [5.74, 6) is 1.56. The van der Waals surface area contributed by atoms with Crippen molar-refractivity contribution in [1.82, 2.24) is 29.9 Å². The third kappa shape index (κ3) is 5.24. The number of hydrogen-bond donors (Lipinski definition) is 0. The molecule has 0 spiro atoms. The smallest absolute Gasteiger partial charge is 0.338 e. The summed E-state index contributed by atoms with van der Waals surface area (Å²) in [6.07, 6.45) is -1.00. The molecule has 0 aliphatic carbocycles. The standard InChI is InChI=1S/C24H17F3N6OS/c25-24(26,27)19-8-6-17(7-9-19)21-29-20(34-32-21)15-35-23-31-30-22(18-10-12-28-13-11-18)33(23)14-16-4-2-1-3-5-16/h1-13H,14-15H2. The van der Waals surface area contributed by atoms with Gasteiger partial charge in [0.2, 0.25) is 11.7 Å². The van der Waals surface area contributed by atoms with E-state index < -0.39 is 11.7 Å². The van der Waals surface area contributed by atoms with Gasteiger partial charge in [0.15, 0.2) is 11.0 Å². The quantitative estimate of drug-likeness (QED) is 0.267. The first-order valence-corrected chi connectivity index (χ1v) is 11.5. The van der Waals surface area contributed by atoms with Crippen LogP contribution >= 0.6 is 11.8 Å². The molecule has 0 atom stereocenters. The summed E-state index contributed by atoms with van der Waals surface area (Å²) >= 11 is 1.38. The van der Waals surface area contributed by atoms with Crippen molar-refractivity contribution < 1.29 is 17.7 Å². The average Bonchev–Trinajstić information content (AvgIpc) is 3.51. The molecule has 0 aliphatic rings. The van der Waals surface area contributed by atoms with Gasteiger partial charge in [0.05, 0.1) is 17.9 Å². The molecule has 0 saturated carbocycles. The van der Waals surface area contributed by atoms with Crippen molar-refractivity contribution >= 4 is 11.8 Å². The number of aromatic nitrogens is 6. The molecule has 35 heavy (non-hydrogen) atoms. The molecule has 0 saturated heterocycles. The van der Waals surface area contributed by atoms with Gasteiger partial charge in [-0.25, -0.2) is 0 Å². The molecule has 0 fully saturated rings. The van der Waals surface area contributed by atoms with E-state index in [1.165, 1.54) is 23.9 Å². The lowest BCUT2D eigenvalue weighted by Gasteiger charge is -2.10. The van der Waals surface area contributed by atoms with E-state index in [0.717, 1.165) is 23.3 Å². The molecule has 11 heteroatoms. The Kier molecular flexibility index (Phi) is 6.32. The largest absolute Gasteiger partial charge is 0.416 e. The van der Waals surface area contributed by atoms with E-state index in [2.05, 4.69) is 25.3 Å². The summed E-state index contributed by atoms with van der Waals surface area (Å²) < 4.78 is 45.7. The lowest BCUT2D eigenvalue weighted by atomic mass is 10.1. The number of benzene rings is 2. The van der Waals surface area contributed by atoms with Crippen molar-refractivity contribution in [3.63, 3.8) is 0 Å². The van der Waals surface area contributed by atoms with Crippen molar-refractivity contribution in [2.45, 2.75) is 23.6 Å². The monoisotopic (exact) mass is 494 g/mol. The first-order chi connectivity index (χ1) is 17.0. The zero-order valence-corrected chi connectivity index (χ0v) is 18.9.